The van der Waals surface area contributed by atoms with Crippen molar-refractivity contribution in [2.75, 3.05) is 12.4 Å². The van der Waals surface area contributed by atoms with Gasteiger partial charge in [0.2, 0.25) is 5.95 Å². The van der Waals surface area contributed by atoms with Gasteiger partial charge in [-0.2, -0.15) is 13.3 Å². The summed E-state index contributed by atoms with van der Waals surface area (Å²) in [6, 6.07) is 8.54. The van der Waals surface area contributed by atoms with Crippen LogP contribution >= 0.6 is 0 Å². The molecule has 174 valence electrons. The molecular formula is C23H25F2N5O3. The van der Waals surface area contributed by atoms with Gasteiger partial charge in [-0.3, -0.25) is 0 Å². The van der Waals surface area contributed by atoms with E-state index in [1.165, 1.54) is 6.07 Å². The van der Waals surface area contributed by atoms with Crippen LogP contribution in [-0.2, 0) is 6.54 Å². The van der Waals surface area contributed by atoms with E-state index in [0.29, 0.717) is 30.3 Å². The molecule has 2 heterocycles. The number of hydrogen-bond acceptors (Lipinski definition) is 7. The Morgan fingerprint density at radius 3 is 2.58 bits per heavy atom. The Morgan fingerprint density at radius 2 is 1.94 bits per heavy atom. The first-order chi connectivity index (χ1) is 15.6. The van der Waals surface area contributed by atoms with Crippen molar-refractivity contribution in [2.45, 2.75) is 46.3 Å². The number of phenols is 1. The Kier molecular flexibility index (Phi) is 5.69. The predicted molar refractivity (Wildman–Crippen MR) is 120 cm³/mol. The number of halogens is 2. The molecule has 0 atom stereocenters. The molecule has 0 unspecified atom stereocenters. The quantitative estimate of drug-likeness (QED) is 0.402. The molecule has 2 aromatic heterocycles. The third kappa shape index (κ3) is 4.46. The van der Waals surface area contributed by atoms with Gasteiger partial charge in [-0.05, 0) is 42.3 Å². The molecule has 0 spiro atoms. The van der Waals surface area contributed by atoms with Crippen LogP contribution in [0.3, 0.4) is 0 Å². The van der Waals surface area contributed by atoms with Gasteiger partial charge < -0.3 is 19.9 Å². The largest absolute Gasteiger partial charge is 0.504 e. The summed E-state index contributed by atoms with van der Waals surface area (Å²) in [5.74, 6) is 0.774. The zero-order valence-electron chi connectivity index (χ0n) is 19.0. The summed E-state index contributed by atoms with van der Waals surface area (Å²) < 4.78 is 39.0. The zero-order valence-corrected chi connectivity index (χ0v) is 19.0. The molecule has 0 amide bonds. The van der Waals surface area contributed by atoms with Gasteiger partial charge in [-0.1, -0.05) is 19.9 Å². The van der Waals surface area contributed by atoms with E-state index >= 15 is 0 Å². The number of nitrogens with zero attached hydrogens (tertiary/aromatic N) is 4. The van der Waals surface area contributed by atoms with E-state index in [2.05, 4.69) is 20.4 Å². The summed E-state index contributed by atoms with van der Waals surface area (Å²) in [7, 11) is 1.61. The van der Waals surface area contributed by atoms with E-state index in [4.69, 9.17) is 9.47 Å². The molecule has 0 saturated heterocycles. The number of ether oxygens (including phenoxy) is 2. The van der Waals surface area contributed by atoms with E-state index in [-0.39, 0.29) is 17.4 Å². The highest BCUT2D eigenvalue weighted by Gasteiger charge is 2.28. The van der Waals surface area contributed by atoms with Gasteiger partial charge >= 0.3 is 6.11 Å². The highest BCUT2D eigenvalue weighted by molar-refractivity contribution is 5.97. The number of fused-ring (bicyclic) bond motifs is 3. The Balaban J connectivity index is 1.86. The molecule has 4 aromatic rings. The van der Waals surface area contributed by atoms with E-state index in [9.17, 15) is 13.9 Å². The highest BCUT2D eigenvalue weighted by Crippen LogP contribution is 2.39. The second-order valence-electron chi connectivity index (χ2n) is 8.16. The van der Waals surface area contributed by atoms with Gasteiger partial charge in [0, 0.05) is 24.8 Å². The van der Waals surface area contributed by atoms with Crippen LogP contribution in [-0.4, -0.2) is 37.9 Å². The molecule has 4 rings (SSSR count). The number of methoxy groups -OCH3 is 1. The number of phenolic OH excluding ortho intramolecular Hbond substituents is 1. The fourth-order valence-corrected chi connectivity index (χ4v) is 3.46. The maximum Gasteiger partial charge on any atom is 0.395 e. The van der Waals surface area contributed by atoms with Gasteiger partial charge in [0.05, 0.1) is 7.11 Å². The maximum absolute atomic E-state index is 13.7. The van der Waals surface area contributed by atoms with Crippen LogP contribution in [0.25, 0.3) is 16.6 Å². The van der Waals surface area contributed by atoms with Gasteiger partial charge in [-0.25, -0.2) is 9.97 Å². The van der Waals surface area contributed by atoms with Crippen LogP contribution in [0.2, 0.25) is 0 Å². The Bertz CT molecular complexity index is 1330. The molecule has 8 nitrogen and oxygen atoms in total. The topological polar surface area (TPSA) is 93.8 Å². The van der Waals surface area contributed by atoms with Crippen molar-refractivity contribution in [1.29, 1.82) is 0 Å². The molecule has 0 aliphatic carbocycles. The fraction of sp³-hybridized carbons (Fsp3) is 0.348. The lowest BCUT2D eigenvalue weighted by Gasteiger charge is -2.17. The first-order valence-corrected chi connectivity index (χ1v) is 10.4. The lowest BCUT2D eigenvalue weighted by atomic mass is 10.1. The monoisotopic (exact) mass is 457 g/mol. The minimum Gasteiger partial charge on any atom is -0.504 e. The van der Waals surface area contributed by atoms with Gasteiger partial charge in [0.1, 0.15) is 11.3 Å². The van der Waals surface area contributed by atoms with Gasteiger partial charge in [0.25, 0.3) is 0 Å². The van der Waals surface area contributed by atoms with Crippen LogP contribution in [0, 0.1) is 6.92 Å². The number of nitrogens with one attached hydrogen (secondary N) is 1. The average Bonchev–Trinajstić information content (AvgIpc) is 3.20. The van der Waals surface area contributed by atoms with Crippen LogP contribution in [0.1, 0.15) is 43.6 Å². The van der Waals surface area contributed by atoms with Crippen molar-refractivity contribution in [1.82, 2.24) is 19.6 Å². The molecule has 2 N–H and O–H groups in total. The van der Waals surface area contributed by atoms with E-state index in [1.807, 2.05) is 39.0 Å². The predicted octanol–water partition coefficient (Wildman–Crippen LogP) is 5.03. The molecule has 0 aliphatic rings. The summed E-state index contributed by atoms with van der Waals surface area (Å²) in [6.45, 7) is 6.86. The Labute approximate surface area is 189 Å². The lowest BCUT2D eigenvalue weighted by molar-refractivity contribution is -0.159. The molecule has 0 radical (unpaired) electrons. The third-order valence-corrected chi connectivity index (χ3v) is 5.18. The smallest absolute Gasteiger partial charge is 0.395 e. The first-order valence-electron chi connectivity index (χ1n) is 10.4. The van der Waals surface area contributed by atoms with Gasteiger partial charge in [-0.15, -0.1) is 5.10 Å². The Hall–Kier alpha value is -3.69. The molecule has 0 aliphatic heterocycles. The second kappa shape index (κ2) is 8.34. The van der Waals surface area contributed by atoms with E-state index in [1.54, 1.807) is 17.7 Å². The lowest BCUT2D eigenvalue weighted by Crippen LogP contribution is -2.19. The molecule has 33 heavy (non-hydrogen) atoms. The normalized spacial score (nSPS) is 12.0. The summed E-state index contributed by atoms with van der Waals surface area (Å²) in [5.41, 5.74) is 2.47. The Morgan fingerprint density at radius 1 is 1.18 bits per heavy atom. The number of aromatic nitrogens is 4. The number of rotatable bonds is 7. The standard InChI is InChI=1S/C23H25F2N5O3/c1-12(2)20-28-21-16-8-9-17(31)19(33-23(4,24)25)18(16)27-22(30(21)29-20)26-11-14-6-7-15(32-5)10-13(14)3/h6-10,12,31H,11H2,1-5H3,(H,26,27). The summed E-state index contributed by atoms with van der Waals surface area (Å²) >= 11 is 0. The SMILES string of the molecule is COc1ccc(CNc2nc3c(OC(C)(F)F)c(O)ccc3c3nc(C(C)C)nn23)c(C)c1. The minimum absolute atomic E-state index is 0.0319. The molecule has 2 aromatic carbocycles. The maximum atomic E-state index is 13.7. The molecule has 0 saturated carbocycles. The molecular weight excluding hydrogens is 432 g/mol. The molecule has 0 bridgehead atoms. The first kappa shape index (κ1) is 22.5. The van der Waals surface area contributed by atoms with E-state index < -0.39 is 17.6 Å². The second-order valence-corrected chi connectivity index (χ2v) is 8.16. The molecule has 10 heteroatoms. The van der Waals surface area contributed by atoms with Crippen LogP contribution in [0.4, 0.5) is 14.7 Å². The number of alkyl halides is 2. The van der Waals surface area contributed by atoms with Crippen molar-refractivity contribution in [3.8, 4) is 17.2 Å². The summed E-state index contributed by atoms with van der Waals surface area (Å²) in [5, 5.41) is 18.5. The number of aryl methyl sites for hydroxylation is 1. The highest BCUT2D eigenvalue weighted by atomic mass is 19.3. The minimum atomic E-state index is -3.51. The number of aromatic hydroxyl groups is 1. The van der Waals surface area contributed by atoms with Crippen LogP contribution in [0.5, 0.6) is 17.2 Å². The number of anilines is 1. The van der Waals surface area contributed by atoms with Crippen molar-refractivity contribution in [3.05, 3.63) is 47.3 Å². The van der Waals surface area contributed by atoms with Crippen molar-refractivity contribution in [2.24, 2.45) is 0 Å². The number of benzene rings is 2. The zero-order chi connectivity index (χ0) is 23.9. The van der Waals surface area contributed by atoms with Crippen molar-refractivity contribution in [3.63, 3.8) is 0 Å². The fourth-order valence-electron chi connectivity index (χ4n) is 3.46. The van der Waals surface area contributed by atoms with E-state index in [0.717, 1.165) is 16.9 Å². The summed E-state index contributed by atoms with van der Waals surface area (Å²) in [6.07, 6.45) is -3.51. The molecule has 0 fully saturated rings. The third-order valence-electron chi connectivity index (χ3n) is 5.18. The van der Waals surface area contributed by atoms with Crippen molar-refractivity contribution < 1.29 is 23.4 Å². The van der Waals surface area contributed by atoms with Crippen LogP contribution < -0.4 is 14.8 Å². The summed E-state index contributed by atoms with van der Waals surface area (Å²) in [4.78, 5) is 9.10. The average molecular weight is 457 g/mol. The number of hydrogen-bond donors (Lipinski definition) is 2. The van der Waals surface area contributed by atoms with Crippen molar-refractivity contribution >= 4 is 22.5 Å². The van der Waals surface area contributed by atoms with Gasteiger partial charge in [0.15, 0.2) is 23.0 Å². The van der Waals surface area contributed by atoms with Crippen LogP contribution in [0.15, 0.2) is 30.3 Å².